The second kappa shape index (κ2) is 6.05. The molecule has 0 amide bonds. The number of hydrogen-bond donors (Lipinski definition) is 1. The molecule has 0 saturated carbocycles. The van der Waals surface area contributed by atoms with E-state index in [1.165, 1.54) is 23.1 Å². The number of hydrogen-bond acceptors (Lipinski definition) is 6. The largest absolute Gasteiger partial charge is 0.478 e. The molecule has 2 aromatic rings. The second-order valence-electron chi connectivity index (χ2n) is 3.09. The van der Waals surface area contributed by atoms with Crippen molar-refractivity contribution < 1.29 is 9.90 Å². The van der Waals surface area contributed by atoms with Gasteiger partial charge in [-0.05, 0) is 40.4 Å². The van der Waals surface area contributed by atoms with Gasteiger partial charge in [0.15, 0.2) is 8.68 Å². The average Bonchev–Trinajstić information content (AvgIpc) is 2.76. The topological polar surface area (TPSA) is 63.1 Å². The van der Waals surface area contributed by atoms with Crippen LogP contribution in [0.1, 0.15) is 10.4 Å². The lowest BCUT2D eigenvalue weighted by atomic mass is 10.2. The molecule has 8 heteroatoms. The Kier molecular flexibility index (Phi) is 4.66. The van der Waals surface area contributed by atoms with Gasteiger partial charge in [0.1, 0.15) is 0 Å². The summed E-state index contributed by atoms with van der Waals surface area (Å²) in [7, 11) is 0. The molecule has 0 aliphatic rings. The number of carbonyl (C=O) groups is 1. The Labute approximate surface area is 124 Å². The van der Waals surface area contributed by atoms with Gasteiger partial charge in [0.25, 0.3) is 0 Å². The van der Waals surface area contributed by atoms with E-state index in [1.54, 1.807) is 30.0 Å². The molecule has 0 fully saturated rings. The number of carboxylic acids is 1. The summed E-state index contributed by atoms with van der Waals surface area (Å²) in [6, 6.07) is 5.11. The van der Waals surface area contributed by atoms with Gasteiger partial charge in [-0.25, -0.2) is 4.79 Å². The summed E-state index contributed by atoms with van der Waals surface area (Å²) in [5.74, 6) is -0.945. The highest BCUT2D eigenvalue weighted by Gasteiger charge is 2.10. The Morgan fingerprint density at radius 3 is 2.67 bits per heavy atom. The molecule has 0 radical (unpaired) electrons. The fourth-order valence-corrected chi connectivity index (χ4v) is 4.31. The van der Waals surface area contributed by atoms with Gasteiger partial charge in [0, 0.05) is 9.37 Å². The molecular weight excluding hydrogens is 356 g/mol. The van der Waals surface area contributed by atoms with Gasteiger partial charge in [-0.2, -0.15) is 0 Å². The third kappa shape index (κ3) is 3.25. The molecule has 18 heavy (non-hydrogen) atoms. The van der Waals surface area contributed by atoms with Crippen molar-refractivity contribution in [2.24, 2.45) is 0 Å². The number of thioether (sulfide) groups is 1. The predicted molar refractivity (Wildman–Crippen MR) is 76.9 cm³/mol. The molecule has 0 atom stereocenters. The summed E-state index contributed by atoms with van der Waals surface area (Å²) in [5, 5.41) is 17.0. The van der Waals surface area contributed by atoms with E-state index < -0.39 is 5.97 Å². The number of nitrogens with zero attached hydrogens (tertiary/aromatic N) is 2. The minimum Gasteiger partial charge on any atom is -0.478 e. The Morgan fingerprint density at radius 2 is 2.11 bits per heavy atom. The Morgan fingerprint density at radius 1 is 1.39 bits per heavy atom. The molecule has 0 aliphatic heterocycles. The smallest absolute Gasteiger partial charge is 0.336 e. The molecule has 1 heterocycles. The van der Waals surface area contributed by atoms with Crippen LogP contribution >= 0.6 is 50.8 Å². The summed E-state index contributed by atoms with van der Waals surface area (Å²) in [4.78, 5) is 11.8. The van der Waals surface area contributed by atoms with E-state index in [0.717, 1.165) is 13.6 Å². The average molecular weight is 363 g/mol. The maximum absolute atomic E-state index is 10.9. The zero-order valence-corrected chi connectivity index (χ0v) is 13.1. The van der Waals surface area contributed by atoms with Gasteiger partial charge in [-0.15, -0.1) is 10.2 Å². The molecule has 0 unspecified atom stereocenters. The predicted octanol–water partition coefficient (Wildman–Crippen LogP) is 3.87. The van der Waals surface area contributed by atoms with Crippen molar-refractivity contribution in [3.8, 4) is 0 Å². The number of halogens is 1. The Balaban J connectivity index is 2.19. The Hall–Kier alpha value is -0.570. The molecule has 0 spiro atoms. The fraction of sp³-hybridized carbons (Fsp3) is 0.100. The number of benzene rings is 1. The van der Waals surface area contributed by atoms with Crippen LogP contribution < -0.4 is 0 Å². The molecule has 1 aromatic carbocycles. The van der Waals surface area contributed by atoms with Crippen LogP contribution in [0.4, 0.5) is 0 Å². The van der Waals surface area contributed by atoms with Crippen molar-refractivity contribution in [2.75, 3.05) is 6.26 Å². The standard InChI is InChI=1S/C10H7BrN2O2S3/c1-16-9-12-13-10(18-9)17-5-2-3-6(8(14)15)7(11)4-5/h2-4H,1H3,(H,14,15). The van der Waals surface area contributed by atoms with Crippen LogP contribution in [-0.2, 0) is 0 Å². The van der Waals surface area contributed by atoms with Crippen molar-refractivity contribution >= 4 is 56.8 Å². The molecule has 2 rings (SSSR count). The third-order valence-corrected chi connectivity index (χ3v) is 5.53. The molecule has 94 valence electrons. The van der Waals surface area contributed by atoms with Gasteiger partial charge in [0.05, 0.1) is 5.56 Å². The van der Waals surface area contributed by atoms with E-state index in [1.807, 2.05) is 6.26 Å². The number of aromatic carboxylic acids is 1. The van der Waals surface area contributed by atoms with Crippen LogP contribution in [-0.4, -0.2) is 27.5 Å². The van der Waals surface area contributed by atoms with Gasteiger partial charge < -0.3 is 5.11 Å². The molecule has 1 aromatic heterocycles. The van der Waals surface area contributed by atoms with Gasteiger partial charge in [0.2, 0.25) is 0 Å². The third-order valence-electron chi connectivity index (χ3n) is 1.94. The minimum atomic E-state index is -0.945. The normalized spacial score (nSPS) is 10.6. The first-order valence-corrected chi connectivity index (χ1v) is 8.33. The molecule has 4 nitrogen and oxygen atoms in total. The summed E-state index contributed by atoms with van der Waals surface area (Å²) in [6.07, 6.45) is 1.95. The summed E-state index contributed by atoms with van der Waals surface area (Å²) in [6.45, 7) is 0. The van der Waals surface area contributed by atoms with E-state index in [0.29, 0.717) is 4.47 Å². The zero-order chi connectivity index (χ0) is 13.1. The number of carboxylic acid groups (broad SMARTS) is 1. The van der Waals surface area contributed by atoms with Crippen molar-refractivity contribution in [3.05, 3.63) is 28.2 Å². The van der Waals surface area contributed by atoms with Gasteiger partial charge in [-0.1, -0.05) is 34.9 Å². The van der Waals surface area contributed by atoms with Gasteiger partial charge >= 0.3 is 5.97 Å². The van der Waals surface area contributed by atoms with Crippen LogP contribution in [0.5, 0.6) is 0 Å². The Bertz CT molecular complexity index is 588. The maximum atomic E-state index is 10.9. The summed E-state index contributed by atoms with van der Waals surface area (Å²) < 4.78 is 2.32. The first-order chi connectivity index (χ1) is 8.60. The summed E-state index contributed by atoms with van der Waals surface area (Å²) in [5.41, 5.74) is 0.251. The lowest BCUT2D eigenvalue weighted by molar-refractivity contribution is 0.0696. The van der Waals surface area contributed by atoms with Crippen LogP contribution in [0.15, 0.2) is 36.2 Å². The maximum Gasteiger partial charge on any atom is 0.336 e. The molecule has 1 N–H and O–H groups in total. The number of aromatic nitrogens is 2. The van der Waals surface area contributed by atoms with Crippen molar-refractivity contribution in [1.82, 2.24) is 10.2 Å². The molecular formula is C10H7BrN2O2S3. The highest BCUT2D eigenvalue weighted by atomic mass is 79.9. The van der Waals surface area contributed by atoms with E-state index in [4.69, 9.17) is 5.11 Å². The fourth-order valence-electron chi connectivity index (χ4n) is 1.15. The molecule has 0 aliphatic carbocycles. The van der Waals surface area contributed by atoms with E-state index in [9.17, 15) is 4.79 Å². The van der Waals surface area contributed by atoms with Crippen molar-refractivity contribution in [1.29, 1.82) is 0 Å². The van der Waals surface area contributed by atoms with Crippen LogP contribution in [0.2, 0.25) is 0 Å². The highest BCUT2D eigenvalue weighted by Crippen LogP contribution is 2.34. The monoisotopic (exact) mass is 362 g/mol. The van der Waals surface area contributed by atoms with E-state index in [-0.39, 0.29) is 5.56 Å². The first kappa shape index (κ1) is 13.9. The SMILES string of the molecule is CSc1nnc(Sc2ccc(C(=O)O)c(Br)c2)s1. The summed E-state index contributed by atoms with van der Waals surface area (Å²) >= 11 is 7.79. The van der Waals surface area contributed by atoms with Gasteiger partial charge in [-0.3, -0.25) is 0 Å². The molecule has 0 saturated heterocycles. The quantitative estimate of drug-likeness (QED) is 0.832. The second-order valence-corrected chi connectivity index (χ2v) is 7.29. The minimum absolute atomic E-state index is 0.251. The van der Waals surface area contributed by atoms with E-state index in [2.05, 4.69) is 26.1 Å². The lowest BCUT2D eigenvalue weighted by Crippen LogP contribution is -1.96. The van der Waals surface area contributed by atoms with Crippen LogP contribution in [0.25, 0.3) is 0 Å². The van der Waals surface area contributed by atoms with E-state index >= 15 is 0 Å². The van der Waals surface area contributed by atoms with Crippen LogP contribution in [0, 0.1) is 0 Å². The van der Waals surface area contributed by atoms with Crippen molar-refractivity contribution in [2.45, 2.75) is 13.6 Å². The molecule has 0 bridgehead atoms. The highest BCUT2D eigenvalue weighted by molar-refractivity contribution is 9.10. The number of rotatable bonds is 4. The zero-order valence-electron chi connectivity index (χ0n) is 9.08. The first-order valence-electron chi connectivity index (χ1n) is 4.68. The van der Waals surface area contributed by atoms with Crippen LogP contribution in [0.3, 0.4) is 0 Å². The lowest BCUT2D eigenvalue weighted by Gasteiger charge is -2.01. The van der Waals surface area contributed by atoms with Crippen molar-refractivity contribution in [3.63, 3.8) is 0 Å².